The molecule has 0 saturated heterocycles. The summed E-state index contributed by atoms with van der Waals surface area (Å²) in [4.78, 5) is 3.63. The van der Waals surface area contributed by atoms with Crippen molar-refractivity contribution in [1.82, 2.24) is 20.2 Å². The van der Waals surface area contributed by atoms with E-state index in [1.807, 2.05) is 0 Å². The molecule has 0 aliphatic heterocycles. The Morgan fingerprint density at radius 3 is 2.67 bits per heavy atom. The van der Waals surface area contributed by atoms with Crippen molar-refractivity contribution in [2.45, 2.75) is 18.0 Å². The van der Waals surface area contributed by atoms with Crippen LogP contribution in [0.15, 0.2) is 27.9 Å². The van der Waals surface area contributed by atoms with E-state index in [1.54, 1.807) is 13.1 Å². The van der Waals surface area contributed by atoms with Crippen LogP contribution in [0.1, 0.15) is 11.4 Å². The van der Waals surface area contributed by atoms with E-state index in [4.69, 9.17) is 23.2 Å². The molecule has 1 heterocycles. The van der Waals surface area contributed by atoms with Crippen molar-refractivity contribution in [2.75, 3.05) is 7.05 Å². The Morgan fingerprint density at radius 1 is 1.29 bits per heavy atom. The normalized spacial score (nSPS) is 11.8. The van der Waals surface area contributed by atoms with Gasteiger partial charge in [-0.1, -0.05) is 28.4 Å². The summed E-state index contributed by atoms with van der Waals surface area (Å²) in [5.74, 6) is 0.215. The van der Waals surface area contributed by atoms with Gasteiger partial charge in [-0.05, 0) is 24.7 Å². The highest BCUT2D eigenvalue weighted by Gasteiger charge is 2.21. The van der Waals surface area contributed by atoms with Gasteiger partial charge in [0.2, 0.25) is 16.4 Å². The minimum absolute atomic E-state index is 0.0922. The summed E-state index contributed by atoms with van der Waals surface area (Å²) in [6, 6.07) is 2.90. The highest BCUT2D eigenvalue weighted by molar-refractivity contribution is 7.89. The lowest BCUT2D eigenvalue weighted by Gasteiger charge is -2.11. The number of nitrogens with zero attached hydrogens (tertiary/aromatic N) is 2. The third kappa shape index (κ3) is 3.92. The molecule has 2 rings (SSSR count). The standard InChI is InChI=1S/C11H12Cl2N4O3S/c1-14-4-7-2-8(12)3-9(11(7)13)21(18,19)16-5-10-15-6-20-17-10/h2-3,6,14,16H,4-5H2,1H3. The molecule has 1 aromatic heterocycles. The van der Waals surface area contributed by atoms with E-state index in [9.17, 15) is 8.42 Å². The fraction of sp³-hybridized carbons (Fsp3) is 0.273. The summed E-state index contributed by atoms with van der Waals surface area (Å²) in [5, 5.41) is 6.81. The summed E-state index contributed by atoms with van der Waals surface area (Å²) in [5.41, 5.74) is 0.589. The quantitative estimate of drug-likeness (QED) is 0.820. The Balaban J connectivity index is 2.30. The average molecular weight is 351 g/mol. The molecular weight excluding hydrogens is 339 g/mol. The van der Waals surface area contributed by atoms with Crippen LogP contribution in [-0.4, -0.2) is 25.6 Å². The number of hydrogen-bond donors (Lipinski definition) is 2. The molecule has 1 aromatic carbocycles. The summed E-state index contributed by atoms with van der Waals surface area (Å²) < 4.78 is 31.5. The highest BCUT2D eigenvalue weighted by atomic mass is 35.5. The molecule has 0 unspecified atom stereocenters. The first kappa shape index (κ1) is 16.2. The van der Waals surface area contributed by atoms with Gasteiger partial charge in [0.25, 0.3) is 0 Å². The molecule has 114 valence electrons. The number of sulfonamides is 1. The SMILES string of the molecule is CNCc1cc(Cl)cc(S(=O)(=O)NCc2ncon2)c1Cl. The lowest BCUT2D eigenvalue weighted by atomic mass is 10.2. The van der Waals surface area contributed by atoms with Gasteiger partial charge in [-0.25, -0.2) is 13.1 Å². The Morgan fingerprint density at radius 2 is 2.05 bits per heavy atom. The number of rotatable bonds is 6. The maximum Gasteiger partial charge on any atom is 0.242 e. The van der Waals surface area contributed by atoms with Crippen molar-refractivity contribution < 1.29 is 12.9 Å². The molecule has 7 nitrogen and oxygen atoms in total. The highest BCUT2D eigenvalue weighted by Crippen LogP contribution is 2.29. The van der Waals surface area contributed by atoms with Crippen LogP contribution in [0.5, 0.6) is 0 Å². The van der Waals surface area contributed by atoms with Gasteiger partial charge in [-0.3, -0.25) is 0 Å². The van der Waals surface area contributed by atoms with Gasteiger partial charge >= 0.3 is 0 Å². The number of benzene rings is 1. The van der Waals surface area contributed by atoms with Gasteiger partial charge in [-0.15, -0.1) is 0 Å². The topological polar surface area (TPSA) is 97.1 Å². The van der Waals surface area contributed by atoms with Crippen molar-refractivity contribution >= 4 is 33.2 Å². The number of hydrogen-bond acceptors (Lipinski definition) is 6. The van der Waals surface area contributed by atoms with Crippen molar-refractivity contribution in [3.8, 4) is 0 Å². The van der Waals surface area contributed by atoms with E-state index < -0.39 is 10.0 Å². The van der Waals surface area contributed by atoms with Crippen LogP contribution >= 0.6 is 23.2 Å². The summed E-state index contributed by atoms with van der Waals surface area (Å²) in [7, 11) is -2.12. The van der Waals surface area contributed by atoms with E-state index in [0.717, 1.165) is 6.39 Å². The van der Waals surface area contributed by atoms with Gasteiger partial charge in [0, 0.05) is 11.6 Å². The zero-order valence-corrected chi connectivity index (χ0v) is 13.3. The van der Waals surface area contributed by atoms with Crippen LogP contribution in [0.3, 0.4) is 0 Å². The van der Waals surface area contributed by atoms with Gasteiger partial charge in [0.05, 0.1) is 11.6 Å². The van der Waals surface area contributed by atoms with Crippen molar-refractivity contribution in [1.29, 1.82) is 0 Å². The van der Waals surface area contributed by atoms with Crippen LogP contribution in [-0.2, 0) is 23.1 Å². The fourth-order valence-electron chi connectivity index (χ4n) is 1.64. The first-order chi connectivity index (χ1) is 9.94. The Bertz CT molecular complexity index is 719. The Kier molecular flexibility index (Phi) is 5.17. The molecule has 2 aromatic rings. The number of halogens is 2. The second kappa shape index (κ2) is 6.71. The van der Waals surface area contributed by atoms with Crippen molar-refractivity contribution in [3.05, 3.63) is 40.0 Å². The number of nitrogens with one attached hydrogen (secondary N) is 2. The first-order valence-corrected chi connectivity index (χ1v) is 8.05. The van der Waals surface area contributed by atoms with E-state index in [2.05, 4.69) is 24.7 Å². The van der Waals surface area contributed by atoms with Gasteiger partial charge in [-0.2, -0.15) is 4.98 Å². The van der Waals surface area contributed by atoms with Gasteiger partial charge in [0.15, 0.2) is 5.82 Å². The molecule has 0 radical (unpaired) electrons. The lowest BCUT2D eigenvalue weighted by Crippen LogP contribution is -2.24. The molecule has 0 atom stereocenters. The summed E-state index contributed by atoms with van der Waals surface area (Å²) in [6.07, 6.45) is 1.11. The molecule has 10 heteroatoms. The molecule has 0 saturated carbocycles. The number of aromatic nitrogens is 2. The third-order valence-corrected chi connectivity index (χ3v) is 4.77. The third-order valence-electron chi connectivity index (χ3n) is 2.56. The van der Waals surface area contributed by atoms with Gasteiger partial charge in [0.1, 0.15) is 4.90 Å². The zero-order chi connectivity index (χ0) is 15.5. The molecule has 2 N–H and O–H groups in total. The molecule has 0 bridgehead atoms. The minimum atomic E-state index is -3.85. The van der Waals surface area contributed by atoms with Crippen molar-refractivity contribution in [2.24, 2.45) is 0 Å². The Labute approximate surface area is 131 Å². The second-order valence-electron chi connectivity index (χ2n) is 4.08. The van der Waals surface area contributed by atoms with Crippen LogP contribution in [0.2, 0.25) is 10.0 Å². The molecule has 21 heavy (non-hydrogen) atoms. The molecule has 0 spiro atoms. The Hall–Kier alpha value is -1.19. The molecule has 0 aliphatic carbocycles. The largest absolute Gasteiger partial charge is 0.343 e. The van der Waals surface area contributed by atoms with E-state index in [-0.39, 0.29) is 27.3 Å². The van der Waals surface area contributed by atoms with Gasteiger partial charge < -0.3 is 9.84 Å². The molecule has 0 amide bonds. The van der Waals surface area contributed by atoms with E-state index in [0.29, 0.717) is 12.1 Å². The molecular formula is C11H12Cl2N4O3S. The average Bonchev–Trinajstić information content (AvgIpc) is 2.94. The van der Waals surface area contributed by atoms with Crippen molar-refractivity contribution in [3.63, 3.8) is 0 Å². The lowest BCUT2D eigenvalue weighted by molar-refractivity contribution is 0.409. The van der Waals surface area contributed by atoms with Crippen LogP contribution < -0.4 is 10.0 Å². The fourth-order valence-corrected chi connectivity index (χ4v) is 3.55. The van der Waals surface area contributed by atoms with E-state index >= 15 is 0 Å². The minimum Gasteiger partial charge on any atom is -0.343 e. The maximum absolute atomic E-state index is 12.3. The summed E-state index contributed by atoms with van der Waals surface area (Å²) >= 11 is 12.1. The first-order valence-electron chi connectivity index (χ1n) is 5.81. The molecule has 0 fully saturated rings. The second-order valence-corrected chi connectivity index (χ2v) is 6.63. The predicted molar refractivity (Wildman–Crippen MR) is 77.5 cm³/mol. The summed E-state index contributed by atoms with van der Waals surface area (Å²) in [6.45, 7) is 0.287. The van der Waals surface area contributed by atoms with Crippen LogP contribution in [0.25, 0.3) is 0 Å². The monoisotopic (exact) mass is 350 g/mol. The van der Waals surface area contributed by atoms with E-state index in [1.165, 1.54) is 6.07 Å². The molecule has 0 aliphatic rings. The smallest absolute Gasteiger partial charge is 0.242 e. The van der Waals surface area contributed by atoms with Crippen LogP contribution in [0, 0.1) is 0 Å². The predicted octanol–water partition coefficient (Wildman–Crippen LogP) is 1.57. The maximum atomic E-state index is 12.3. The zero-order valence-electron chi connectivity index (χ0n) is 10.9. The van der Waals surface area contributed by atoms with Crippen LogP contribution in [0.4, 0.5) is 0 Å².